The molecule has 4 aromatic rings. The van der Waals surface area contributed by atoms with E-state index in [0.717, 1.165) is 10.4 Å². The van der Waals surface area contributed by atoms with Gasteiger partial charge in [0.2, 0.25) is 6.41 Å². The van der Waals surface area contributed by atoms with Crippen molar-refractivity contribution in [2.24, 2.45) is 0 Å². The average molecular weight is 459 g/mol. The molecule has 0 spiro atoms. The summed E-state index contributed by atoms with van der Waals surface area (Å²) in [6, 6.07) is 16.5. The molecule has 0 fully saturated rings. The molecular formula is C24H21N5O5. The monoisotopic (exact) mass is 459 g/mol. The number of nitrogens with one attached hydrogen (secondary N) is 2. The van der Waals surface area contributed by atoms with Gasteiger partial charge in [-0.1, -0.05) is 6.07 Å². The lowest BCUT2D eigenvalue weighted by atomic mass is 10.2. The Morgan fingerprint density at radius 1 is 0.912 bits per heavy atom. The first kappa shape index (κ1) is 22.3. The number of hydrazine groups is 1. The predicted molar refractivity (Wildman–Crippen MR) is 126 cm³/mol. The SMILES string of the molecule is COc1cc2nccc(Oc3ccc(NC(=O)N(NC=O)c4ccccn4)cc3)c2cc1OC. The second-order valence-electron chi connectivity index (χ2n) is 6.86. The molecule has 0 aliphatic rings. The zero-order valence-electron chi connectivity index (χ0n) is 18.4. The smallest absolute Gasteiger partial charge is 0.346 e. The molecule has 10 heteroatoms. The standard InChI is InChI=1S/C24H21N5O5/c1-32-21-13-18-19(14-22(21)33-2)25-12-10-20(18)34-17-8-6-16(7-9-17)28-24(31)29(27-15-30)23-5-3-4-11-26-23/h3-15H,1-2H3,(H,27,30)(H,28,31). The molecule has 2 heterocycles. The van der Waals surface area contributed by atoms with Crippen molar-refractivity contribution < 1.29 is 23.8 Å². The summed E-state index contributed by atoms with van der Waals surface area (Å²) in [5.74, 6) is 2.53. The van der Waals surface area contributed by atoms with Gasteiger partial charge in [-0.3, -0.25) is 15.2 Å². The molecule has 0 unspecified atom stereocenters. The Labute approximate surface area is 195 Å². The molecule has 0 saturated carbocycles. The van der Waals surface area contributed by atoms with Crippen LogP contribution in [0.1, 0.15) is 0 Å². The predicted octanol–water partition coefficient (Wildman–Crippen LogP) is 4.14. The third-order valence-electron chi connectivity index (χ3n) is 4.80. The van der Waals surface area contributed by atoms with Gasteiger partial charge in [0.25, 0.3) is 0 Å². The van der Waals surface area contributed by atoms with E-state index in [1.165, 1.54) is 6.20 Å². The number of hydrogen-bond acceptors (Lipinski definition) is 7. The van der Waals surface area contributed by atoms with Gasteiger partial charge in [0.15, 0.2) is 17.3 Å². The molecule has 2 aromatic carbocycles. The van der Waals surface area contributed by atoms with Crippen LogP contribution in [-0.4, -0.2) is 36.6 Å². The Kier molecular flexibility index (Phi) is 6.68. The van der Waals surface area contributed by atoms with Gasteiger partial charge in [0, 0.05) is 29.5 Å². The highest BCUT2D eigenvalue weighted by atomic mass is 16.5. The van der Waals surface area contributed by atoms with E-state index in [0.29, 0.717) is 40.6 Å². The number of amides is 3. The molecule has 172 valence electrons. The lowest BCUT2D eigenvalue weighted by Gasteiger charge is -2.20. The van der Waals surface area contributed by atoms with Crippen molar-refractivity contribution in [1.82, 2.24) is 15.4 Å². The van der Waals surface area contributed by atoms with Crippen LogP contribution in [0.15, 0.2) is 73.1 Å². The van der Waals surface area contributed by atoms with E-state index in [1.54, 1.807) is 81.1 Å². The number of pyridine rings is 2. The van der Waals surface area contributed by atoms with Gasteiger partial charge in [-0.05, 0) is 48.5 Å². The van der Waals surface area contributed by atoms with E-state index in [9.17, 15) is 9.59 Å². The van der Waals surface area contributed by atoms with Crippen molar-refractivity contribution in [2.45, 2.75) is 0 Å². The zero-order valence-corrected chi connectivity index (χ0v) is 18.4. The number of carbonyl (C=O) groups is 2. The van der Waals surface area contributed by atoms with Gasteiger partial charge in [0.05, 0.1) is 19.7 Å². The van der Waals surface area contributed by atoms with Crippen LogP contribution in [0.5, 0.6) is 23.0 Å². The molecule has 0 atom stereocenters. The molecule has 34 heavy (non-hydrogen) atoms. The summed E-state index contributed by atoms with van der Waals surface area (Å²) in [7, 11) is 3.13. The number of urea groups is 1. The average Bonchev–Trinajstić information content (AvgIpc) is 2.88. The van der Waals surface area contributed by atoms with Gasteiger partial charge < -0.3 is 19.5 Å². The highest BCUT2D eigenvalue weighted by molar-refractivity contribution is 6.01. The number of anilines is 2. The van der Waals surface area contributed by atoms with Gasteiger partial charge in [-0.15, -0.1) is 0 Å². The molecule has 2 aromatic heterocycles. The molecule has 0 saturated heterocycles. The summed E-state index contributed by atoms with van der Waals surface area (Å²) in [6.45, 7) is 0. The van der Waals surface area contributed by atoms with Gasteiger partial charge in [0.1, 0.15) is 11.5 Å². The quantitative estimate of drug-likeness (QED) is 0.301. The fourth-order valence-corrected chi connectivity index (χ4v) is 3.22. The number of ether oxygens (including phenoxy) is 3. The van der Waals surface area contributed by atoms with Crippen molar-refractivity contribution in [3.05, 3.63) is 73.1 Å². The lowest BCUT2D eigenvalue weighted by Crippen LogP contribution is -2.45. The number of hydrogen-bond donors (Lipinski definition) is 2. The van der Waals surface area contributed by atoms with E-state index in [-0.39, 0.29) is 5.82 Å². The topological polar surface area (TPSA) is 115 Å². The minimum atomic E-state index is -0.583. The second kappa shape index (κ2) is 10.2. The van der Waals surface area contributed by atoms with Crippen LogP contribution in [0.3, 0.4) is 0 Å². The van der Waals surface area contributed by atoms with E-state index < -0.39 is 6.03 Å². The Morgan fingerprint density at radius 2 is 1.68 bits per heavy atom. The first-order valence-corrected chi connectivity index (χ1v) is 10.1. The Morgan fingerprint density at radius 3 is 2.35 bits per heavy atom. The van der Waals surface area contributed by atoms with Crippen molar-refractivity contribution >= 4 is 34.8 Å². The first-order chi connectivity index (χ1) is 16.6. The zero-order chi connectivity index (χ0) is 23.9. The summed E-state index contributed by atoms with van der Waals surface area (Å²) in [5.41, 5.74) is 3.51. The molecule has 4 rings (SSSR count). The summed E-state index contributed by atoms with van der Waals surface area (Å²) in [6.07, 6.45) is 3.56. The maximum atomic E-state index is 12.6. The molecule has 0 radical (unpaired) electrons. The lowest BCUT2D eigenvalue weighted by molar-refractivity contribution is -0.109. The van der Waals surface area contributed by atoms with Crippen molar-refractivity contribution in [2.75, 3.05) is 24.5 Å². The third kappa shape index (κ3) is 4.80. The van der Waals surface area contributed by atoms with Crippen molar-refractivity contribution in [1.29, 1.82) is 0 Å². The van der Waals surface area contributed by atoms with Crippen molar-refractivity contribution in [3.63, 3.8) is 0 Å². The van der Waals surface area contributed by atoms with E-state index >= 15 is 0 Å². The van der Waals surface area contributed by atoms with Crippen LogP contribution in [0, 0.1) is 0 Å². The van der Waals surface area contributed by atoms with E-state index in [2.05, 4.69) is 20.7 Å². The fourth-order valence-electron chi connectivity index (χ4n) is 3.22. The first-order valence-electron chi connectivity index (χ1n) is 10.1. The minimum Gasteiger partial charge on any atom is -0.493 e. The number of methoxy groups -OCH3 is 2. The number of aromatic nitrogens is 2. The van der Waals surface area contributed by atoms with Crippen molar-refractivity contribution in [3.8, 4) is 23.0 Å². The summed E-state index contributed by atoms with van der Waals surface area (Å²) >= 11 is 0. The Hall–Kier alpha value is -4.86. The molecule has 2 N–H and O–H groups in total. The highest BCUT2D eigenvalue weighted by Crippen LogP contribution is 2.37. The van der Waals surface area contributed by atoms with Crippen LogP contribution < -0.4 is 30.0 Å². The highest BCUT2D eigenvalue weighted by Gasteiger charge is 2.17. The maximum Gasteiger partial charge on any atom is 0.346 e. The molecule has 3 amide bonds. The molecule has 0 bridgehead atoms. The molecular weight excluding hydrogens is 438 g/mol. The fraction of sp³-hybridized carbons (Fsp3) is 0.0833. The number of nitrogens with zero attached hydrogens (tertiary/aromatic N) is 3. The maximum absolute atomic E-state index is 12.6. The van der Waals surface area contributed by atoms with Crippen LogP contribution >= 0.6 is 0 Å². The number of benzene rings is 2. The number of rotatable bonds is 8. The van der Waals surface area contributed by atoms with E-state index in [4.69, 9.17) is 14.2 Å². The number of fused-ring (bicyclic) bond motifs is 1. The second-order valence-corrected chi connectivity index (χ2v) is 6.86. The van der Waals surface area contributed by atoms with Crippen LogP contribution in [0.25, 0.3) is 10.9 Å². The van der Waals surface area contributed by atoms with E-state index in [1.807, 2.05) is 0 Å². The minimum absolute atomic E-state index is 0.267. The molecule has 10 nitrogen and oxygen atoms in total. The molecule has 0 aliphatic heterocycles. The van der Waals surface area contributed by atoms with Gasteiger partial charge in [-0.2, -0.15) is 5.01 Å². The Bertz CT molecular complexity index is 1300. The van der Waals surface area contributed by atoms with Crippen LogP contribution in [0.4, 0.5) is 16.3 Å². The summed E-state index contributed by atoms with van der Waals surface area (Å²) in [4.78, 5) is 32.0. The van der Waals surface area contributed by atoms with Crippen LogP contribution in [-0.2, 0) is 4.79 Å². The normalized spacial score (nSPS) is 10.3. The molecule has 0 aliphatic carbocycles. The summed E-state index contributed by atoms with van der Waals surface area (Å²) in [5, 5.41) is 4.46. The summed E-state index contributed by atoms with van der Waals surface area (Å²) < 4.78 is 16.8. The largest absolute Gasteiger partial charge is 0.493 e. The van der Waals surface area contributed by atoms with Crippen LogP contribution in [0.2, 0.25) is 0 Å². The number of carbonyl (C=O) groups excluding carboxylic acids is 2. The van der Waals surface area contributed by atoms with Gasteiger partial charge in [-0.25, -0.2) is 9.78 Å². The third-order valence-corrected chi connectivity index (χ3v) is 4.80. The Balaban J connectivity index is 1.51. The van der Waals surface area contributed by atoms with Gasteiger partial charge >= 0.3 is 6.03 Å².